The topological polar surface area (TPSA) is 50.9 Å². The van der Waals surface area contributed by atoms with E-state index in [0.29, 0.717) is 5.92 Å². The summed E-state index contributed by atoms with van der Waals surface area (Å²) in [6.07, 6.45) is 1.03. The molecule has 1 atom stereocenters. The van der Waals surface area contributed by atoms with Crippen molar-refractivity contribution in [3.63, 3.8) is 0 Å². The minimum Gasteiger partial charge on any atom is -0.271 e. The molecule has 2 rings (SSSR count). The van der Waals surface area contributed by atoms with Crippen molar-refractivity contribution in [2.45, 2.75) is 33.2 Å². The SMILES string of the molecule is Cc1ccc2cc(C(CC(C)C)NN)ccc2n1. The second-order valence-electron chi connectivity index (χ2n) is 5.25. The lowest BCUT2D eigenvalue weighted by atomic mass is 9.96. The molecule has 2 aromatic rings. The molecule has 0 aliphatic heterocycles. The van der Waals surface area contributed by atoms with Crippen molar-refractivity contribution in [3.05, 3.63) is 41.6 Å². The molecule has 0 aliphatic rings. The average Bonchev–Trinajstić information content (AvgIpc) is 2.35. The van der Waals surface area contributed by atoms with Crippen LogP contribution in [0.2, 0.25) is 0 Å². The first kappa shape index (κ1) is 13.0. The Bertz CT molecular complexity index is 534. The first-order valence-corrected chi connectivity index (χ1v) is 6.43. The van der Waals surface area contributed by atoms with E-state index in [1.165, 1.54) is 10.9 Å². The first-order chi connectivity index (χ1) is 8.60. The maximum Gasteiger partial charge on any atom is 0.0705 e. The molecule has 0 spiro atoms. The molecule has 0 bridgehead atoms. The highest BCUT2D eigenvalue weighted by Gasteiger charge is 2.12. The van der Waals surface area contributed by atoms with Gasteiger partial charge in [0.15, 0.2) is 0 Å². The molecule has 3 N–H and O–H groups in total. The number of nitrogens with one attached hydrogen (secondary N) is 1. The summed E-state index contributed by atoms with van der Waals surface area (Å²) in [4.78, 5) is 4.51. The van der Waals surface area contributed by atoms with Crippen molar-refractivity contribution in [1.82, 2.24) is 10.4 Å². The van der Waals surface area contributed by atoms with E-state index in [-0.39, 0.29) is 6.04 Å². The van der Waals surface area contributed by atoms with E-state index in [1.807, 2.05) is 13.0 Å². The zero-order valence-electron chi connectivity index (χ0n) is 11.3. The van der Waals surface area contributed by atoms with Crippen molar-refractivity contribution < 1.29 is 0 Å². The van der Waals surface area contributed by atoms with Gasteiger partial charge in [-0.05, 0) is 43.0 Å². The fourth-order valence-corrected chi connectivity index (χ4v) is 2.23. The van der Waals surface area contributed by atoms with E-state index in [1.54, 1.807) is 0 Å². The fourth-order valence-electron chi connectivity index (χ4n) is 2.23. The van der Waals surface area contributed by atoms with E-state index in [2.05, 4.69) is 48.5 Å². The molecule has 3 heteroatoms. The third kappa shape index (κ3) is 2.86. The molecular weight excluding hydrogens is 222 g/mol. The van der Waals surface area contributed by atoms with Gasteiger partial charge in [-0.2, -0.15) is 0 Å². The van der Waals surface area contributed by atoms with Gasteiger partial charge in [0.2, 0.25) is 0 Å². The molecule has 1 aromatic carbocycles. The molecule has 18 heavy (non-hydrogen) atoms. The number of nitrogens with two attached hydrogens (primary N) is 1. The minimum absolute atomic E-state index is 0.204. The number of benzene rings is 1. The molecule has 0 aliphatic carbocycles. The van der Waals surface area contributed by atoms with Crippen LogP contribution in [0.1, 0.15) is 37.6 Å². The molecule has 96 valence electrons. The first-order valence-electron chi connectivity index (χ1n) is 6.43. The van der Waals surface area contributed by atoms with Gasteiger partial charge in [0, 0.05) is 17.1 Å². The van der Waals surface area contributed by atoms with Crippen LogP contribution in [0.3, 0.4) is 0 Å². The van der Waals surface area contributed by atoms with Crippen LogP contribution in [0.25, 0.3) is 10.9 Å². The minimum atomic E-state index is 0.204. The van der Waals surface area contributed by atoms with E-state index in [0.717, 1.165) is 17.6 Å². The summed E-state index contributed by atoms with van der Waals surface area (Å²) in [5.41, 5.74) is 6.22. The smallest absolute Gasteiger partial charge is 0.0705 e. The number of aryl methyl sites for hydroxylation is 1. The Morgan fingerprint density at radius 1 is 1.22 bits per heavy atom. The Hall–Kier alpha value is -1.45. The van der Waals surface area contributed by atoms with E-state index in [9.17, 15) is 0 Å². The maximum absolute atomic E-state index is 5.66. The molecule has 0 saturated heterocycles. The van der Waals surface area contributed by atoms with Crippen molar-refractivity contribution in [2.24, 2.45) is 11.8 Å². The van der Waals surface area contributed by atoms with Gasteiger partial charge in [-0.15, -0.1) is 0 Å². The van der Waals surface area contributed by atoms with Crippen LogP contribution in [0.4, 0.5) is 0 Å². The van der Waals surface area contributed by atoms with Crippen molar-refractivity contribution in [2.75, 3.05) is 0 Å². The molecule has 1 unspecified atom stereocenters. The fraction of sp³-hybridized carbons (Fsp3) is 0.400. The lowest BCUT2D eigenvalue weighted by Crippen LogP contribution is -2.29. The van der Waals surface area contributed by atoms with Crippen LogP contribution < -0.4 is 11.3 Å². The Morgan fingerprint density at radius 3 is 2.67 bits per heavy atom. The van der Waals surface area contributed by atoms with Crippen LogP contribution in [0.5, 0.6) is 0 Å². The molecule has 0 saturated carbocycles. The summed E-state index contributed by atoms with van der Waals surface area (Å²) in [6.45, 7) is 6.42. The highest BCUT2D eigenvalue weighted by molar-refractivity contribution is 5.79. The monoisotopic (exact) mass is 243 g/mol. The number of fused-ring (bicyclic) bond motifs is 1. The van der Waals surface area contributed by atoms with Crippen molar-refractivity contribution in [1.29, 1.82) is 0 Å². The van der Waals surface area contributed by atoms with E-state index < -0.39 is 0 Å². The van der Waals surface area contributed by atoms with Gasteiger partial charge in [-0.1, -0.05) is 26.0 Å². The number of hydrogen-bond donors (Lipinski definition) is 2. The number of nitrogens with zero attached hydrogens (tertiary/aromatic N) is 1. The zero-order chi connectivity index (χ0) is 13.1. The van der Waals surface area contributed by atoms with Gasteiger partial charge >= 0.3 is 0 Å². The predicted octanol–water partition coefficient (Wildman–Crippen LogP) is 3.09. The largest absolute Gasteiger partial charge is 0.271 e. The molecule has 0 radical (unpaired) electrons. The lowest BCUT2D eigenvalue weighted by Gasteiger charge is -2.18. The molecule has 1 heterocycles. The van der Waals surface area contributed by atoms with Crippen LogP contribution in [0.15, 0.2) is 30.3 Å². The number of hydrogen-bond acceptors (Lipinski definition) is 3. The highest BCUT2D eigenvalue weighted by Crippen LogP contribution is 2.24. The summed E-state index contributed by atoms with van der Waals surface area (Å²) in [6, 6.07) is 10.7. The van der Waals surface area contributed by atoms with Gasteiger partial charge < -0.3 is 0 Å². The Balaban J connectivity index is 2.36. The quantitative estimate of drug-likeness (QED) is 0.641. The molecule has 3 nitrogen and oxygen atoms in total. The maximum atomic E-state index is 5.66. The Morgan fingerprint density at radius 2 is 2.00 bits per heavy atom. The molecule has 0 fully saturated rings. The van der Waals surface area contributed by atoms with Gasteiger partial charge in [0.25, 0.3) is 0 Å². The van der Waals surface area contributed by atoms with Crippen molar-refractivity contribution >= 4 is 10.9 Å². The summed E-state index contributed by atoms with van der Waals surface area (Å²) in [7, 11) is 0. The second-order valence-corrected chi connectivity index (χ2v) is 5.25. The predicted molar refractivity (Wildman–Crippen MR) is 76.0 cm³/mol. The summed E-state index contributed by atoms with van der Waals surface area (Å²) < 4.78 is 0. The van der Waals surface area contributed by atoms with Gasteiger partial charge in [0.05, 0.1) is 5.52 Å². The number of pyridine rings is 1. The van der Waals surface area contributed by atoms with Crippen LogP contribution in [-0.4, -0.2) is 4.98 Å². The third-order valence-electron chi connectivity index (χ3n) is 3.16. The standard InChI is InChI=1S/C15H21N3/c1-10(2)8-15(18-16)13-6-7-14-12(9-13)5-4-11(3)17-14/h4-7,9-10,15,18H,8,16H2,1-3H3. The molecule has 0 amide bonds. The van der Waals surface area contributed by atoms with Crippen molar-refractivity contribution in [3.8, 4) is 0 Å². The second kappa shape index (κ2) is 5.46. The highest BCUT2D eigenvalue weighted by atomic mass is 15.2. The van der Waals surface area contributed by atoms with Crippen LogP contribution in [0, 0.1) is 12.8 Å². The van der Waals surface area contributed by atoms with E-state index in [4.69, 9.17) is 5.84 Å². The number of aromatic nitrogens is 1. The van der Waals surface area contributed by atoms with Gasteiger partial charge in [-0.3, -0.25) is 16.3 Å². The van der Waals surface area contributed by atoms with Gasteiger partial charge in [-0.25, -0.2) is 0 Å². The lowest BCUT2D eigenvalue weighted by molar-refractivity contribution is 0.438. The van der Waals surface area contributed by atoms with E-state index >= 15 is 0 Å². The summed E-state index contributed by atoms with van der Waals surface area (Å²) in [5.74, 6) is 6.26. The molecule has 1 aromatic heterocycles. The summed E-state index contributed by atoms with van der Waals surface area (Å²) in [5, 5.41) is 1.17. The number of rotatable bonds is 4. The zero-order valence-corrected chi connectivity index (χ0v) is 11.3. The average molecular weight is 243 g/mol. The van der Waals surface area contributed by atoms with Crippen LogP contribution >= 0.6 is 0 Å². The molecular formula is C15H21N3. The van der Waals surface area contributed by atoms with Crippen LogP contribution in [-0.2, 0) is 0 Å². The Kier molecular flexibility index (Phi) is 3.94. The third-order valence-corrected chi connectivity index (χ3v) is 3.16. The summed E-state index contributed by atoms with van der Waals surface area (Å²) >= 11 is 0. The number of hydrazine groups is 1. The van der Waals surface area contributed by atoms with Gasteiger partial charge in [0.1, 0.15) is 0 Å². The normalized spacial score (nSPS) is 13.2. The Labute approximate surface area is 108 Å².